The van der Waals surface area contributed by atoms with Crippen LogP contribution in [0, 0.1) is 0 Å². The Labute approximate surface area is 190 Å². The molecule has 1 unspecified atom stereocenters. The molecule has 0 aromatic rings. The van der Waals surface area contributed by atoms with Gasteiger partial charge in [0.2, 0.25) is 0 Å². The van der Waals surface area contributed by atoms with Gasteiger partial charge >= 0.3 is 15.6 Å². The molecule has 0 fully saturated rings. The Balaban J connectivity index is 5.13. The van der Waals surface area contributed by atoms with E-state index in [0.29, 0.717) is 0 Å². The van der Waals surface area contributed by atoms with Gasteiger partial charge < -0.3 is 4.62 Å². The average Bonchev–Trinajstić information content (AvgIpc) is 2.65. The van der Waals surface area contributed by atoms with E-state index in [1.807, 2.05) is 41.5 Å². The monoisotopic (exact) mass is 491 g/mol. The van der Waals surface area contributed by atoms with Crippen LogP contribution in [0.2, 0.25) is 0 Å². The van der Waals surface area contributed by atoms with Gasteiger partial charge in [0.25, 0.3) is 0 Å². The second kappa shape index (κ2) is 16.1. The van der Waals surface area contributed by atoms with Crippen LogP contribution in [0.3, 0.4) is 0 Å². The Kier molecular flexibility index (Phi) is 15.2. The van der Waals surface area contributed by atoms with Crippen LogP contribution in [0.25, 0.3) is 10.4 Å². The zero-order valence-corrected chi connectivity index (χ0v) is 21.5. The van der Waals surface area contributed by atoms with Crippen LogP contribution in [0.5, 0.6) is 0 Å². The number of allylic oxidation sites excluding steroid dienone is 6. The van der Waals surface area contributed by atoms with Gasteiger partial charge in [-0.15, -0.1) is 0 Å². The minimum absolute atomic E-state index is 0.178. The van der Waals surface area contributed by atoms with Gasteiger partial charge in [0.05, 0.1) is 13.2 Å². The molecule has 0 spiro atoms. The van der Waals surface area contributed by atoms with Crippen molar-refractivity contribution in [3.05, 3.63) is 57.0 Å². The van der Waals surface area contributed by atoms with Crippen LogP contribution in [0.15, 0.2) is 51.9 Å². The standard InChI is InChI=1S/C20H35N3O7P2/c1-17(2)9-7-11-19(5)13-15-27-32(26,30-31(24,25)29-23-22-21)28-16-14-20(6)12-8-10-18(3)4/h9-10,13-14H,7-8,11-12,15-16H2,1-6H3,(H,24,25)/b19-13+,20-14+. The average molecular weight is 491 g/mol. The fourth-order valence-electron chi connectivity index (χ4n) is 2.21. The van der Waals surface area contributed by atoms with E-state index in [0.717, 1.165) is 36.8 Å². The minimum atomic E-state index is -5.01. The van der Waals surface area contributed by atoms with Crippen LogP contribution >= 0.6 is 15.6 Å². The molecule has 0 aliphatic rings. The molecule has 12 heteroatoms. The van der Waals surface area contributed by atoms with E-state index in [1.54, 1.807) is 12.2 Å². The number of hydrogen-bond donors (Lipinski definition) is 1. The first kappa shape index (κ1) is 30.4. The minimum Gasteiger partial charge on any atom is -0.336 e. The number of hydrogen-bond acceptors (Lipinski definition) is 7. The molecule has 0 bridgehead atoms. The predicted octanol–water partition coefficient (Wildman–Crippen LogP) is 7.87. The molecule has 0 saturated heterocycles. The molecule has 1 atom stereocenters. The molecule has 1 N–H and O–H groups in total. The van der Waals surface area contributed by atoms with Crippen molar-refractivity contribution < 1.29 is 32.0 Å². The summed E-state index contributed by atoms with van der Waals surface area (Å²) >= 11 is 0. The third-order valence-corrected chi connectivity index (χ3v) is 6.73. The van der Waals surface area contributed by atoms with E-state index in [-0.39, 0.29) is 13.2 Å². The largest absolute Gasteiger partial charge is 0.542 e. The van der Waals surface area contributed by atoms with E-state index in [1.165, 1.54) is 11.1 Å². The van der Waals surface area contributed by atoms with Crippen molar-refractivity contribution in [2.45, 2.75) is 67.2 Å². The first-order chi connectivity index (χ1) is 14.9. The molecule has 0 saturated carbocycles. The summed E-state index contributed by atoms with van der Waals surface area (Å²) in [5.74, 6) is 0. The quantitative estimate of drug-likeness (QED) is 0.0578. The highest BCUT2D eigenvalue weighted by Gasteiger charge is 2.39. The summed E-state index contributed by atoms with van der Waals surface area (Å²) in [7, 11) is -9.52. The Morgan fingerprint density at radius 1 is 0.875 bits per heavy atom. The second-order valence-corrected chi connectivity index (χ2v) is 10.7. The summed E-state index contributed by atoms with van der Waals surface area (Å²) in [6.45, 7) is 11.5. The van der Waals surface area contributed by atoms with Gasteiger partial charge in [0.1, 0.15) is 5.28 Å². The first-order valence-corrected chi connectivity index (χ1v) is 13.1. The molecule has 32 heavy (non-hydrogen) atoms. The Morgan fingerprint density at radius 2 is 1.31 bits per heavy atom. The van der Waals surface area contributed by atoms with Crippen molar-refractivity contribution in [2.75, 3.05) is 13.2 Å². The molecular formula is C20H35N3O7P2. The van der Waals surface area contributed by atoms with Crippen molar-refractivity contribution in [1.82, 2.24) is 0 Å². The summed E-state index contributed by atoms with van der Waals surface area (Å²) < 4.78 is 43.7. The van der Waals surface area contributed by atoms with Gasteiger partial charge in [-0.2, -0.15) is 4.31 Å². The summed E-state index contributed by atoms with van der Waals surface area (Å²) in [5, 5.41) is 2.52. The van der Waals surface area contributed by atoms with Gasteiger partial charge in [-0.25, -0.2) is 9.13 Å². The van der Waals surface area contributed by atoms with Crippen molar-refractivity contribution >= 4 is 15.6 Å². The summed E-state index contributed by atoms with van der Waals surface area (Å²) in [5.41, 5.74) is 12.6. The lowest BCUT2D eigenvalue weighted by atomic mass is 10.1. The van der Waals surface area contributed by atoms with Gasteiger partial charge in [0.15, 0.2) is 0 Å². The number of rotatable bonds is 16. The van der Waals surface area contributed by atoms with Gasteiger partial charge in [-0.3, -0.25) is 13.9 Å². The highest BCUT2D eigenvalue weighted by molar-refractivity contribution is 7.61. The second-order valence-electron chi connectivity index (χ2n) is 7.58. The normalized spacial score (nSPS) is 15.7. The highest BCUT2D eigenvalue weighted by Crippen LogP contribution is 2.63. The van der Waals surface area contributed by atoms with Crippen LogP contribution in [0.1, 0.15) is 67.2 Å². The Bertz CT molecular complexity index is 805. The lowest BCUT2D eigenvalue weighted by Crippen LogP contribution is -2.01. The van der Waals surface area contributed by atoms with E-state index in [4.69, 9.17) is 14.6 Å². The summed E-state index contributed by atoms with van der Waals surface area (Å²) in [6, 6.07) is 0. The Hall–Kier alpha value is -1.63. The van der Waals surface area contributed by atoms with Crippen LogP contribution < -0.4 is 0 Å². The summed E-state index contributed by atoms with van der Waals surface area (Å²) in [6.07, 6.45) is 10.8. The maximum absolute atomic E-state index is 12.9. The number of nitrogens with zero attached hydrogens (tertiary/aromatic N) is 3. The lowest BCUT2D eigenvalue weighted by Gasteiger charge is -2.18. The number of azide groups is 1. The van der Waals surface area contributed by atoms with Crippen LogP contribution in [0.4, 0.5) is 0 Å². The fraction of sp³-hybridized carbons (Fsp3) is 0.600. The van der Waals surface area contributed by atoms with Gasteiger partial charge in [0, 0.05) is 4.91 Å². The molecular weight excluding hydrogens is 456 g/mol. The zero-order chi connectivity index (χ0) is 24.6. The Morgan fingerprint density at radius 3 is 1.69 bits per heavy atom. The zero-order valence-electron chi connectivity index (χ0n) is 19.7. The third-order valence-electron chi connectivity index (χ3n) is 3.89. The molecule has 0 rings (SSSR count). The van der Waals surface area contributed by atoms with Crippen molar-refractivity contribution in [2.24, 2.45) is 5.28 Å². The van der Waals surface area contributed by atoms with Crippen molar-refractivity contribution in [1.29, 1.82) is 0 Å². The van der Waals surface area contributed by atoms with Crippen molar-refractivity contribution in [3.63, 3.8) is 0 Å². The van der Waals surface area contributed by atoms with E-state index in [2.05, 4.69) is 31.3 Å². The molecule has 182 valence electrons. The van der Waals surface area contributed by atoms with Gasteiger partial charge in [-0.05, 0) is 72.8 Å². The SMILES string of the molecule is CC(C)=CCC/C(C)=C/COP(=O)(OC/C=C(\C)CCC=C(C)C)OP(=O)(O)ON=[N+]=[N-]. The molecule has 0 aromatic heterocycles. The van der Waals surface area contributed by atoms with E-state index >= 15 is 0 Å². The number of phosphoric acid groups is 2. The highest BCUT2D eigenvalue weighted by atomic mass is 31.3. The molecule has 0 aliphatic carbocycles. The van der Waals surface area contributed by atoms with Crippen LogP contribution in [-0.4, -0.2) is 18.1 Å². The van der Waals surface area contributed by atoms with Crippen molar-refractivity contribution in [3.8, 4) is 0 Å². The van der Waals surface area contributed by atoms with Gasteiger partial charge in [-0.1, -0.05) is 46.6 Å². The van der Waals surface area contributed by atoms with E-state index in [9.17, 15) is 14.0 Å². The van der Waals surface area contributed by atoms with E-state index < -0.39 is 15.6 Å². The van der Waals surface area contributed by atoms with Crippen LogP contribution in [-0.2, 0) is 27.1 Å². The molecule has 0 aliphatic heterocycles. The maximum atomic E-state index is 12.9. The molecule has 0 amide bonds. The molecule has 0 radical (unpaired) electrons. The third kappa shape index (κ3) is 17.0. The summed E-state index contributed by atoms with van der Waals surface area (Å²) in [4.78, 5) is 11.8. The molecule has 10 nitrogen and oxygen atoms in total. The number of phosphoric ester groups is 1. The maximum Gasteiger partial charge on any atom is 0.542 e. The molecule has 0 heterocycles. The molecule has 0 aromatic carbocycles. The predicted molar refractivity (Wildman–Crippen MR) is 125 cm³/mol. The topological polar surface area (TPSA) is 140 Å². The first-order valence-electron chi connectivity index (χ1n) is 10.1. The fourth-order valence-corrected chi connectivity index (χ4v) is 4.43. The smallest absolute Gasteiger partial charge is 0.336 e. The lowest BCUT2D eigenvalue weighted by molar-refractivity contribution is 0.142.